The Morgan fingerprint density at radius 2 is 2.40 bits per heavy atom. The summed E-state index contributed by atoms with van der Waals surface area (Å²) in [6, 6.07) is -0.0420. The van der Waals surface area contributed by atoms with Crippen LogP contribution in [0, 0.1) is 11.8 Å². The fraction of sp³-hybridized carbons (Fsp3) is 0.909. The molecule has 1 fully saturated rings. The predicted molar refractivity (Wildman–Crippen MR) is 59.4 cm³/mol. The number of carbonyl (C=O) groups is 1. The lowest BCUT2D eigenvalue weighted by Crippen LogP contribution is -2.49. The highest BCUT2D eigenvalue weighted by atomic mass is 16.3. The second-order valence-electron chi connectivity index (χ2n) is 4.67. The average Bonchev–Trinajstić information content (AvgIpc) is 2.25. The Balaban J connectivity index is 2.26. The maximum absolute atomic E-state index is 11.7. The molecule has 0 spiro atoms. The van der Waals surface area contributed by atoms with Gasteiger partial charge in [-0.05, 0) is 31.2 Å². The quantitative estimate of drug-likeness (QED) is 0.623. The lowest BCUT2D eigenvalue weighted by molar-refractivity contribution is -0.124. The SMILES string of the molecule is CC(CO)CNC(=O)C1CC(C)CCN1. The minimum Gasteiger partial charge on any atom is -0.396 e. The first kappa shape index (κ1) is 12.5. The van der Waals surface area contributed by atoms with Crippen molar-refractivity contribution in [2.24, 2.45) is 11.8 Å². The standard InChI is InChI=1S/C11H22N2O2/c1-8-3-4-12-10(5-8)11(15)13-6-9(2)7-14/h8-10,12,14H,3-7H2,1-2H3,(H,13,15). The third-order valence-corrected chi connectivity index (χ3v) is 2.92. The van der Waals surface area contributed by atoms with E-state index in [1.54, 1.807) is 0 Å². The summed E-state index contributed by atoms with van der Waals surface area (Å²) in [6.45, 7) is 5.69. The van der Waals surface area contributed by atoms with Crippen molar-refractivity contribution < 1.29 is 9.90 Å². The van der Waals surface area contributed by atoms with Gasteiger partial charge in [0.05, 0.1) is 6.04 Å². The van der Waals surface area contributed by atoms with Gasteiger partial charge >= 0.3 is 0 Å². The van der Waals surface area contributed by atoms with Gasteiger partial charge in [-0.2, -0.15) is 0 Å². The second-order valence-corrected chi connectivity index (χ2v) is 4.67. The fourth-order valence-electron chi connectivity index (χ4n) is 1.77. The summed E-state index contributed by atoms with van der Waals surface area (Å²) in [5.41, 5.74) is 0. The van der Waals surface area contributed by atoms with Crippen molar-refractivity contribution in [3.05, 3.63) is 0 Å². The van der Waals surface area contributed by atoms with E-state index in [1.807, 2.05) is 6.92 Å². The second kappa shape index (κ2) is 6.08. The van der Waals surface area contributed by atoms with E-state index in [-0.39, 0.29) is 24.5 Å². The third kappa shape index (κ3) is 4.18. The van der Waals surface area contributed by atoms with Crippen molar-refractivity contribution in [3.8, 4) is 0 Å². The number of carbonyl (C=O) groups excluding carboxylic acids is 1. The van der Waals surface area contributed by atoms with Crippen molar-refractivity contribution >= 4 is 5.91 Å². The van der Waals surface area contributed by atoms with Gasteiger partial charge in [0.2, 0.25) is 5.91 Å². The molecule has 3 atom stereocenters. The number of amides is 1. The smallest absolute Gasteiger partial charge is 0.237 e. The Kier molecular flexibility index (Phi) is 5.05. The lowest BCUT2D eigenvalue weighted by Gasteiger charge is -2.27. The average molecular weight is 214 g/mol. The van der Waals surface area contributed by atoms with Crippen LogP contribution in [-0.4, -0.2) is 36.8 Å². The van der Waals surface area contributed by atoms with Gasteiger partial charge in [-0.15, -0.1) is 0 Å². The molecule has 0 radical (unpaired) electrons. The molecule has 0 saturated carbocycles. The Morgan fingerprint density at radius 1 is 1.67 bits per heavy atom. The summed E-state index contributed by atoms with van der Waals surface area (Å²) >= 11 is 0. The number of hydrogen-bond donors (Lipinski definition) is 3. The first-order chi connectivity index (χ1) is 7.13. The molecule has 0 aliphatic carbocycles. The molecule has 3 unspecified atom stereocenters. The highest BCUT2D eigenvalue weighted by Gasteiger charge is 2.24. The number of piperidine rings is 1. The monoisotopic (exact) mass is 214 g/mol. The zero-order valence-corrected chi connectivity index (χ0v) is 9.62. The van der Waals surface area contributed by atoms with E-state index in [4.69, 9.17) is 5.11 Å². The molecule has 0 aromatic heterocycles. The van der Waals surface area contributed by atoms with Crippen molar-refractivity contribution in [3.63, 3.8) is 0 Å². The molecular weight excluding hydrogens is 192 g/mol. The number of rotatable bonds is 4. The summed E-state index contributed by atoms with van der Waals surface area (Å²) in [4.78, 5) is 11.7. The van der Waals surface area contributed by atoms with Gasteiger partial charge < -0.3 is 15.7 Å². The van der Waals surface area contributed by atoms with Crippen LogP contribution in [0.1, 0.15) is 26.7 Å². The minimum absolute atomic E-state index is 0.0420. The molecule has 1 saturated heterocycles. The van der Waals surface area contributed by atoms with Crippen LogP contribution in [-0.2, 0) is 4.79 Å². The first-order valence-electron chi connectivity index (χ1n) is 5.75. The molecule has 4 heteroatoms. The number of aliphatic hydroxyl groups excluding tert-OH is 1. The van der Waals surface area contributed by atoms with Gasteiger partial charge in [-0.3, -0.25) is 4.79 Å². The van der Waals surface area contributed by atoms with E-state index in [9.17, 15) is 4.79 Å². The normalized spacial score (nSPS) is 28.5. The first-order valence-corrected chi connectivity index (χ1v) is 5.75. The van der Waals surface area contributed by atoms with Crippen LogP contribution in [0.5, 0.6) is 0 Å². The molecule has 1 heterocycles. The molecule has 0 aromatic carbocycles. The predicted octanol–water partition coefficient (Wildman–Crippen LogP) is 0.119. The Hall–Kier alpha value is -0.610. The van der Waals surface area contributed by atoms with Gasteiger partial charge in [-0.25, -0.2) is 0 Å². The molecule has 4 nitrogen and oxygen atoms in total. The molecule has 15 heavy (non-hydrogen) atoms. The summed E-state index contributed by atoms with van der Waals surface area (Å²) in [5.74, 6) is 0.828. The molecule has 1 amide bonds. The van der Waals surface area contributed by atoms with Crippen LogP contribution in [0.2, 0.25) is 0 Å². The Bertz CT molecular complexity index is 209. The van der Waals surface area contributed by atoms with E-state index >= 15 is 0 Å². The Labute approximate surface area is 91.4 Å². The zero-order valence-electron chi connectivity index (χ0n) is 9.62. The summed E-state index contributed by atoms with van der Waals surface area (Å²) in [5, 5.41) is 14.9. The van der Waals surface area contributed by atoms with Crippen LogP contribution in [0.15, 0.2) is 0 Å². The summed E-state index contributed by atoms with van der Waals surface area (Å²) in [6.07, 6.45) is 2.07. The van der Waals surface area contributed by atoms with Gasteiger partial charge in [-0.1, -0.05) is 13.8 Å². The van der Waals surface area contributed by atoms with Crippen molar-refractivity contribution in [1.29, 1.82) is 0 Å². The zero-order chi connectivity index (χ0) is 11.3. The Morgan fingerprint density at radius 3 is 3.00 bits per heavy atom. The van der Waals surface area contributed by atoms with Gasteiger partial charge in [0.25, 0.3) is 0 Å². The van der Waals surface area contributed by atoms with Gasteiger partial charge in [0.15, 0.2) is 0 Å². The summed E-state index contributed by atoms with van der Waals surface area (Å²) in [7, 11) is 0. The van der Waals surface area contributed by atoms with Crippen molar-refractivity contribution in [1.82, 2.24) is 10.6 Å². The van der Waals surface area contributed by atoms with Gasteiger partial charge in [0.1, 0.15) is 0 Å². The maximum atomic E-state index is 11.7. The molecular formula is C11H22N2O2. The van der Waals surface area contributed by atoms with Crippen LogP contribution in [0.4, 0.5) is 0 Å². The molecule has 0 aromatic rings. The topological polar surface area (TPSA) is 61.4 Å². The number of aliphatic hydroxyl groups is 1. The van der Waals surface area contributed by atoms with Crippen molar-refractivity contribution in [2.45, 2.75) is 32.7 Å². The largest absolute Gasteiger partial charge is 0.396 e. The van der Waals surface area contributed by atoms with E-state index in [0.29, 0.717) is 12.5 Å². The molecule has 88 valence electrons. The minimum atomic E-state index is -0.0420. The highest BCUT2D eigenvalue weighted by Crippen LogP contribution is 2.14. The molecule has 0 bridgehead atoms. The van der Waals surface area contributed by atoms with E-state index in [0.717, 1.165) is 19.4 Å². The lowest BCUT2D eigenvalue weighted by atomic mass is 9.94. The highest BCUT2D eigenvalue weighted by molar-refractivity contribution is 5.81. The third-order valence-electron chi connectivity index (χ3n) is 2.92. The van der Waals surface area contributed by atoms with Crippen LogP contribution >= 0.6 is 0 Å². The van der Waals surface area contributed by atoms with Gasteiger partial charge in [0, 0.05) is 13.2 Å². The maximum Gasteiger partial charge on any atom is 0.237 e. The van der Waals surface area contributed by atoms with Crippen LogP contribution in [0.3, 0.4) is 0 Å². The fourth-order valence-corrected chi connectivity index (χ4v) is 1.77. The molecule has 1 rings (SSSR count). The molecule has 1 aliphatic heterocycles. The van der Waals surface area contributed by atoms with Crippen molar-refractivity contribution in [2.75, 3.05) is 19.7 Å². The van der Waals surface area contributed by atoms with E-state index < -0.39 is 0 Å². The van der Waals surface area contributed by atoms with Crippen LogP contribution < -0.4 is 10.6 Å². The van der Waals surface area contributed by atoms with E-state index in [2.05, 4.69) is 17.6 Å². The van der Waals surface area contributed by atoms with E-state index in [1.165, 1.54) is 0 Å². The molecule has 1 aliphatic rings. The summed E-state index contributed by atoms with van der Waals surface area (Å²) < 4.78 is 0. The molecule has 3 N–H and O–H groups in total. The number of hydrogen-bond acceptors (Lipinski definition) is 3. The number of nitrogens with one attached hydrogen (secondary N) is 2. The van der Waals surface area contributed by atoms with Crippen LogP contribution in [0.25, 0.3) is 0 Å².